The first kappa shape index (κ1) is 28.1. The van der Waals surface area contributed by atoms with Crippen LogP contribution in [0.2, 0.25) is 0 Å². The summed E-state index contributed by atoms with van der Waals surface area (Å²) in [6.07, 6.45) is 1.04. The smallest absolute Gasteiger partial charge is 0.0464 e. The second kappa shape index (κ2) is 12.4. The summed E-state index contributed by atoms with van der Waals surface area (Å²) in [5.74, 6) is 0. The molecule has 0 aliphatic rings. The highest BCUT2D eigenvalue weighted by atomic mass is 15.1. The Kier molecular flexibility index (Phi) is 8.11. The van der Waals surface area contributed by atoms with Crippen molar-refractivity contribution in [1.29, 1.82) is 0 Å². The highest BCUT2D eigenvalue weighted by molar-refractivity contribution is 5.81. The van der Waals surface area contributed by atoms with Crippen LogP contribution in [0.1, 0.15) is 29.2 Å². The Bertz CT molecular complexity index is 1820. The van der Waals surface area contributed by atoms with Crippen LogP contribution in [0.4, 0.5) is 34.1 Å². The van der Waals surface area contributed by atoms with Crippen LogP contribution in [-0.2, 0) is 6.42 Å². The number of para-hydroxylation sites is 1. The zero-order valence-electron chi connectivity index (χ0n) is 25.5. The van der Waals surface area contributed by atoms with Crippen molar-refractivity contribution >= 4 is 34.1 Å². The zero-order chi connectivity index (χ0) is 29.8. The third-order valence-electron chi connectivity index (χ3n) is 8.08. The van der Waals surface area contributed by atoms with Gasteiger partial charge in [-0.05, 0) is 133 Å². The van der Waals surface area contributed by atoms with Crippen LogP contribution in [0.3, 0.4) is 0 Å². The van der Waals surface area contributed by atoms with E-state index in [1.807, 2.05) is 0 Å². The van der Waals surface area contributed by atoms with E-state index >= 15 is 0 Å². The number of anilines is 6. The van der Waals surface area contributed by atoms with Gasteiger partial charge < -0.3 is 9.80 Å². The fraction of sp³-hybridized carbons (Fsp3) is 0.122. The molecule has 0 amide bonds. The van der Waals surface area contributed by atoms with Gasteiger partial charge in [0.2, 0.25) is 0 Å². The van der Waals surface area contributed by atoms with Gasteiger partial charge in [0, 0.05) is 34.1 Å². The Morgan fingerprint density at radius 2 is 0.814 bits per heavy atom. The van der Waals surface area contributed by atoms with Gasteiger partial charge in [-0.15, -0.1) is 0 Å². The minimum absolute atomic E-state index is 1.04. The van der Waals surface area contributed by atoms with E-state index in [-0.39, 0.29) is 0 Å². The highest BCUT2D eigenvalue weighted by Crippen LogP contribution is 2.38. The van der Waals surface area contributed by atoms with Crippen LogP contribution in [0, 0.1) is 20.8 Å². The quantitative estimate of drug-likeness (QED) is 0.183. The van der Waals surface area contributed by atoms with Gasteiger partial charge in [-0.25, -0.2) is 0 Å². The summed E-state index contributed by atoms with van der Waals surface area (Å²) in [7, 11) is 0. The summed E-state index contributed by atoms with van der Waals surface area (Å²) in [5.41, 5.74) is 14.5. The summed E-state index contributed by atoms with van der Waals surface area (Å²) in [5, 5.41) is 0. The van der Waals surface area contributed by atoms with Crippen LogP contribution in [-0.4, -0.2) is 0 Å². The van der Waals surface area contributed by atoms with Gasteiger partial charge >= 0.3 is 0 Å². The molecule has 2 heteroatoms. The molecule has 6 aromatic rings. The normalized spacial score (nSPS) is 10.9. The van der Waals surface area contributed by atoms with E-state index in [9.17, 15) is 0 Å². The SMILES string of the molecule is CCc1ccc(N(c2ccc(-c3ccc(N(c4ccccc4)c4cccc(C)c4)cc3)cc2)c2cccc(C)c2)cc1C. The molecule has 212 valence electrons. The Morgan fingerprint density at radius 1 is 0.395 bits per heavy atom. The predicted molar refractivity (Wildman–Crippen MR) is 185 cm³/mol. The number of hydrogen-bond acceptors (Lipinski definition) is 2. The zero-order valence-corrected chi connectivity index (χ0v) is 25.5. The van der Waals surface area contributed by atoms with Crippen molar-refractivity contribution in [2.45, 2.75) is 34.1 Å². The first-order valence-electron chi connectivity index (χ1n) is 15.1. The van der Waals surface area contributed by atoms with Crippen molar-refractivity contribution in [3.05, 3.63) is 168 Å². The second-order valence-electron chi connectivity index (χ2n) is 11.2. The summed E-state index contributed by atoms with van der Waals surface area (Å²) in [6.45, 7) is 8.72. The number of hydrogen-bond donors (Lipinski definition) is 0. The van der Waals surface area contributed by atoms with Gasteiger partial charge in [-0.1, -0.05) is 79.7 Å². The summed E-state index contributed by atoms with van der Waals surface area (Å²) >= 11 is 0. The van der Waals surface area contributed by atoms with Crippen molar-refractivity contribution in [2.75, 3.05) is 9.80 Å². The number of nitrogens with zero attached hydrogens (tertiary/aromatic N) is 2. The fourth-order valence-corrected chi connectivity index (χ4v) is 5.83. The number of aryl methyl sites for hydroxylation is 4. The van der Waals surface area contributed by atoms with Crippen molar-refractivity contribution < 1.29 is 0 Å². The Balaban J connectivity index is 1.33. The van der Waals surface area contributed by atoms with E-state index in [0.717, 1.165) is 34.9 Å². The molecule has 0 aromatic heterocycles. The molecule has 43 heavy (non-hydrogen) atoms. The molecule has 2 nitrogen and oxygen atoms in total. The van der Waals surface area contributed by atoms with Crippen molar-refractivity contribution in [3.63, 3.8) is 0 Å². The molecule has 6 rings (SSSR count). The molecule has 0 spiro atoms. The van der Waals surface area contributed by atoms with Crippen molar-refractivity contribution in [2.24, 2.45) is 0 Å². The monoisotopic (exact) mass is 558 g/mol. The molecule has 6 aromatic carbocycles. The van der Waals surface area contributed by atoms with Gasteiger partial charge in [0.25, 0.3) is 0 Å². The first-order chi connectivity index (χ1) is 21.0. The largest absolute Gasteiger partial charge is 0.310 e. The summed E-state index contributed by atoms with van der Waals surface area (Å²) < 4.78 is 0. The van der Waals surface area contributed by atoms with Gasteiger partial charge in [0.05, 0.1) is 0 Å². The molecule has 0 aliphatic heterocycles. The van der Waals surface area contributed by atoms with E-state index in [4.69, 9.17) is 0 Å². The lowest BCUT2D eigenvalue weighted by molar-refractivity contribution is 1.10. The van der Waals surface area contributed by atoms with Crippen LogP contribution < -0.4 is 9.80 Å². The van der Waals surface area contributed by atoms with E-state index in [1.54, 1.807) is 0 Å². The van der Waals surface area contributed by atoms with Gasteiger partial charge in [-0.3, -0.25) is 0 Å². The average Bonchev–Trinajstić information content (AvgIpc) is 3.03. The lowest BCUT2D eigenvalue weighted by atomic mass is 10.0. The molecule has 0 bridgehead atoms. The third-order valence-corrected chi connectivity index (χ3v) is 8.08. The maximum absolute atomic E-state index is 2.35. The molecule has 0 atom stereocenters. The van der Waals surface area contributed by atoms with Crippen molar-refractivity contribution in [1.82, 2.24) is 0 Å². The number of rotatable bonds is 8. The van der Waals surface area contributed by atoms with Gasteiger partial charge in [-0.2, -0.15) is 0 Å². The van der Waals surface area contributed by atoms with E-state index in [0.29, 0.717) is 0 Å². The molecule has 0 saturated carbocycles. The van der Waals surface area contributed by atoms with Crippen LogP contribution in [0.15, 0.2) is 146 Å². The molecule has 0 aliphatic carbocycles. The Hall–Kier alpha value is -5.08. The minimum atomic E-state index is 1.04. The second-order valence-corrected chi connectivity index (χ2v) is 11.2. The van der Waals surface area contributed by atoms with Crippen LogP contribution in [0.5, 0.6) is 0 Å². The molecule has 0 radical (unpaired) electrons. The Morgan fingerprint density at radius 3 is 1.28 bits per heavy atom. The van der Waals surface area contributed by atoms with Crippen LogP contribution in [0.25, 0.3) is 11.1 Å². The lowest BCUT2D eigenvalue weighted by Gasteiger charge is -2.27. The molecular formula is C41H38N2. The highest BCUT2D eigenvalue weighted by Gasteiger charge is 2.15. The summed E-state index contributed by atoms with van der Waals surface area (Å²) in [4.78, 5) is 4.66. The van der Waals surface area contributed by atoms with Gasteiger partial charge in [0.15, 0.2) is 0 Å². The number of benzene rings is 6. The predicted octanol–water partition coefficient (Wildman–Crippen LogP) is 11.8. The van der Waals surface area contributed by atoms with E-state index in [2.05, 4.69) is 183 Å². The third kappa shape index (κ3) is 6.10. The molecule has 0 fully saturated rings. The molecule has 0 N–H and O–H groups in total. The van der Waals surface area contributed by atoms with E-state index in [1.165, 1.54) is 39.1 Å². The molecular weight excluding hydrogens is 520 g/mol. The van der Waals surface area contributed by atoms with E-state index < -0.39 is 0 Å². The molecule has 0 saturated heterocycles. The minimum Gasteiger partial charge on any atom is -0.310 e. The maximum atomic E-state index is 2.35. The lowest BCUT2D eigenvalue weighted by Crippen LogP contribution is -2.10. The fourth-order valence-electron chi connectivity index (χ4n) is 5.83. The molecule has 0 unspecified atom stereocenters. The van der Waals surface area contributed by atoms with Crippen LogP contribution >= 0.6 is 0 Å². The van der Waals surface area contributed by atoms with Crippen molar-refractivity contribution in [3.8, 4) is 11.1 Å². The Labute approximate surface area is 256 Å². The average molecular weight is 559 g/mol. The molecule has 0 heterocycles. The summed E-state index contributed by atoms with van der Waals surface area (Å²) in [6, 6.07) is 52.6. The van der Waals surface area contributed by atoms with Gasteiger partial charge in [0.1, 0.15) is 0 Å². The maximum Gasteiger partial charge on any atom is 0.0464 e. The standard InChI is InChI=1S/C41H38N2/c1-5-33-17-26-41(29-32(33)4)43(40-16-10-12-31(3)28-40)38-24-20-35(21-25-38)34-18-22-37(23-19-34)42(36-13-7-6-8-14-36)39-15-9-11-30(2)27-39/h6-29H,5H2,1-4H3. The first-order valence-corrected chi connectivity index (χ1v) is 15.1. The topological polar surface area (TPSA) is 6.48 Å².